The minimum absolute atomic E-state index is 0.276. The predicted molar refractivity (Wildman–Crippen MR) is 66.2 cm³/mol. The second-order valence-electron chi connectivity index (χ2n) is 3.63. The van der Waals surface area contributed by atoms with Gasteiger partial charge in [0.1, 0.15) is 5.75 Å². The van der Waals surface area contributed by atoms with Crippen LogP contribution in [0.1, 0.15) is 25.3 Å². The first-order valence-electron chi connectivity index (χ1n) is 5.51. The van der Waals surface area contributed by atoms with Gasteiger partial charge < -0.3 is 9.29 Å². The first-order chi connectivity index (χ1) is 7.72. The van der Waals surface area contributed by atoms with Crippen LogP contribution < -0.4 is 4.74 Å². The van der Waals surface area contributed by atoms with Crippen LogP contribution >= 0.6 is 0 Å². The number of benzene rings is 1. The van der Waals surface area contributed by atoms with Crippen LogP contribution in [-0.4, -0.2) is 21.1 Å². The molecular formula is C12H18O3S. The highest BCUT2D eigenvalue weighted by Gasteiger charge is 1.99. The lowest BCUT2D eigenvalue weighted by Crippen LogP contribution is -2.00. The summed E-state index contributed by atoms with van der Waals surface area (Å²) in [6.45, 7) is 2.85. The Morgan fingerprint density at radius 3 is 2.94 bits per heavy atom. The molecule has 0 aliphatic heterocycles. The summed E-state index contributed by atoms with van der Waals surface area (Å²) in [5, 5.41) is 0. The number of unbranched alkanes of at least 4 members (excludes halogenated alkanes) is 1. The van der Waals surface area contributed by atoms with E-state index in [0.29, 0.717) is 6.42 Å². The molecule has 1 unspecified atom stereocenters. The fourth-order valence-electron chi connectivity index (χ4n) is 1.33. The maximum Gasteiger partial charge on any atom is 0.153 e. The smallest absolute Gasteiger partial charge is 0.153 e. The van der Waals surface area contributed by atoms with Gasteiger partial charge in [-0.05, 0) is 30.5 Å². The molecule has 0 aliphatic rings. The maximum absolute atomic E-state index is 10.5. The van der Waals surface area contributed by atoms with Crippen LogP contribution in [0, 0.1) is 0 Å². The fourth-order valence-corrected chi connectivity index (χ4v) is 1.74. The molecule has 4 heteroatoms. The molecule has 90 valence electrons. The molecule has 0 aliphatic carbocycles. The highest BCUT2D eigenvalue weighted by atomic mass is 32.2. The number of hydrogen-bond acceptors (Lipinski definition) is 2. The molecule has 0 bridgehead atoms. The van der Waals surface area contributed by atoms with Gasteiger partial charge in [-0.2, -0.15) is 0 Å². The molecule has 0 heterocycles. The van der Waals surface area contributed by atoms with Gasteiger partial charge in [0.05, 0.1) is 12.4 Å². The Bertz CT molecular complexity index is 339. The predicted octanol–water partition coefficient (Wildman–Crippen LogP) is 2.63. The van der Waals surface area contributed by atoms with Crippen molar-refractivity contribution >= 4 is 11.1 Å². The lowest BCUT2D eigenvalue weighted by Gasteiger charge is -2.06. The van der Waals surface area contributed by atoms with Gasteiger partial charge in [-0.25, -0.2) is 4.21 Å². The Hall–Kier alpha value is -0.870. The SMILES string of the molecule is CCCCOc1cccc(CCS(=O)O)c1. The van der Waals surface area contributed by atoms with E-state index in [1.165, 1.54) is 0 Å². The quantitative estimate of drug-likeness (QED) is 0.590. The highest BCUT2D eigenvalue weighted by molar-refractivity contribution is 7.79. The summed E-state index contributed by atoms with van der Waals surface area (Å²) in [5.74, 6) is 1.12. The molecule has 1 aromatic carbocycles. The zero-order valence-corrected chi connectivity index (χ0v) is 10.3. The second kappa shape index (κ2) is 7.41. The van der Waals surface area contributed by atoms with E-state index in [4.69, 9.17) is 9.29 Å². The number of rotatable bonds is 7. The van der Waals surface area contributed by atoms with E-state index >= 15 is 0 Å². The lowest BCUT2D eigenvalue weighted by molar-refractivity contribution is 0.309. The first-order valence-corrected chi connectivity index (χ1v) is 6.79. The molecule has 1 atom stereocenters. The van der Waals surface area contributed by atoms with Crippen molar-refractivity contribution in [1.29, 1.82) is 0 Å². The Morgan fingerprint density at radius 1 is 1.44 bits per heavy atom. The summed E-state index contributed by atoms with van der Waals surface area (Å²) in [4.78, 5) is 0. The zero-order valence-electron chi connectivity index (χ0n) is 9.52. The third-order valence-corrected chi connectivity index (χ3v) is 2.78. The van der Waals surface area contributed by atoms with E-state index in [0.717, 1.165) is 30.8 Å². The maximum atomic E-state index is 10.5. The summed E-state index contributed by atoms with van der Waals surface area (Å²) in [6.07, 6.45) is 2.77. The molecule has 16 heavy (non-hydrogen) atoms. The van der Waals surface area contributed by atoms with Crippen LogP contribution in [0.5, 0.6) is 5.75 Å². The van der Waals surface area contributed by atoms with E-state index in [2.05, 4.69) is 6.92 Å². The van der Waals surface area contributed by atoms with Crippen molar-refractivity contribution in [3.8, 4) is 5.75 Å². The standard InChI is InChI=1S/C12H18O3S/c1-2-3-8-15-12-6-4-5-11(10-12)7-9-16(13)14/h4-6,10H,2-3,7-9H2,1H3,(H,13,14). The average molecular weight is 242 g/mol. The molecule has 0 saturated heterocycles. The molecule has 1 aromatic rings. The Kier molecular flexibility index (Phi) is 6.11. The number of hydrogen-bond donors (Lipinski definition) is 1. The third kappa shape index (κ3) is 5.28. The molecule has 3 nitrogen and oxygen atoms in total. The van der Waals surface area contributed by atoms with Crippen LogP contribution in [0.15, 0.2) is 24.3 Å². The molecule has 0 aromatic heterocycles. The average Bonchev–Trinajstić information content (AvgIpc) is 2.27. The van der Waals surface area contributed by atoms with E-state index in [1.807, 2.05) is 24.3 Å². The molecule has 0 radical (unpaired) electrons. The lowest BCUT2D eigenvalue weighted by atomic mass is 10.2. The first kappa shape index (κ1) is 13.2. The van der Waals surface area contributed by atoms with Gasteiger partial charge in [-0.1, -0.05) is 25.5 Å². The molecule has 1 N–H and O–H groups in total. The monoisotopic (exact) mass is 242 g/mol. The highest BCUT2D eigenvalue weighted by Crippen LogP contribution is 2.14. The summed E-state index contributed by atoms with van der Waals surface area (Å²) >= 11 is -1.72. The minimum Gasteiger partial charge on any atom is -0.494 e. The minimum atomic E-state index is -1.72. The molecular weight excluding hydrogens is 224 g/mol. The van der Waals surface area contributed by atoms with Crippen molar-refractivity contribution in [2.45, 2.75) is 26.2 Å². The normalized spacial score (nSPS) is 12.4. The van der Waals surface area contributed by atoms with Gasteiger partial charge in [-0.15, -0.1) is 0 Å². The fraction of sp³-hybridized carbons (Fsp3) is 0.500. The van der Waals surface area contributed by atoms with E-state index in [1.54, 1.807) is 0 Å². The van der Waals surface area contributed by atoms with Gasteiger partial charge in [-0.3, -0.25) is 0 Å². The van der Waals surface area contributed by atoms with Crippen molar-refractivity contribution in [2.75, 3.05) is 12.4 Å². The zero-order chi connectivity index (χ0) is 11.8. The topological polar surface area (TPSA) is 46.5 Å². The summed E-state index contributed by atoms with van der Waals surface area (Å²) in [7, 11) is 0. The van der Waals surface area contributed by atoms with Crippen LogP contribution in [0.3, 0.4) is 0 Å². The van der Waals surface area contributed by atoms with E-state index < -0.39 is 11.1 Å². The summed E-state index contributed by atoms with van der Waals surface area (Å²) in [5.41, 5.74) is 1.04. The van der Waals surface area contributed by atoms with Crippen LogP contribution in [0.2, 0.25) is 0 Å². The van der Waals surface area contributed by atoms with Gasteiger partial charge in [0.2, 0.25) is 0 Å². The van der Waals surface area contributed by atoms with E-state index in [-0.39, 0.29) is 5.75 Å². The largest absolute Gasteiger partial charge is 0.494 e. The molecule has 0 spiro atoms. The van der Waals surface area contributed by atoms with Crippen molar-refractivity contribution < 1.29 is 13.5 Å². The van der Waals surface area contributed by atoms with Crippen LogP contribution in [-0.2, 0) is 17.5 Å². The van der Waals surface area contributed by atoms with Crippen LogP contribution in [0.4, 0.5) is 0 Å². The molecule has 1 rings (SSSR count). The van der Waals surface area contributed by atoms with Gasteiger partial charge in [0.25, 0.3) is 0 Å². The number of ether oxygens (including phenoxy) is 1. The molecule has 0 saturated carbocycles. The van der Waals surface area contributed by atoms with Crippen LogP contribution in [0.25, 0.3) is 0 Å². The van der Waals surface area contributed by atoms with Crippen molar-refractivity contribution in [2.24, 2.45) is 0 Å². The summed E-state index contributed by atoms with van der Waals surface area (Å²) in [6, 6.07) is 7.70. The van der Waals surface area contributed by atoms with Gasteiger partial charge in [0, 0.05) is 0 Å². The number of aryl methyl sites for hydroxylation is 1. The molecule has 0 fully saturated rings. The Morgan fingerprint density at radius 2 is 2.25 bits per heavy atom. The van der Waals surface area contributed by atoms with Crippen molar-refractivity contribution in [3.05, 3.63) is 29.8 Å². The third-order valence-electron chi connectivity index (χ3n) is 2.23. The molecule has 0 amide bonds. The van der Waals surface area contributed by atoms with E-state index in [9.17, 15) is 4.21 Å². The second-order valence-corrected chi connectivity index (χ2v) is 4.68. The van der Waals surface area contributed by atoms with Gasteiger partial charge in [0.15, 0.2) is 11.1 Å². The van der Waals surface area contributed by atoms with Crippen molar-refractivity contribution in [1.82, 2.24) is 0 Å². The summed E-state index contributed by atoms with van der Waals surface area (Å²) < 4.78 is 24.8. The Balaban J connectivity index is 2.46. The van der Waals surface area contributed by atoms with Crippen molar-refractivity contribution in [3.63, 3.8) is 0 Å². The Labute approximate surface area is 99.1 Å². The van der Waals surface area contributed by atoms with Gasteiger partial charge >= 0.3 is 0 Å².